The van der Waals surface area contributed by atoms with Gasteiger partial charge in [0, 0.05) is 6.54 Å². The van der Waals surface area contributed by atoms with E-state index < -0.39 is 5.41 Å². The highest BCUT2D eigenvalue weighted by molar-refractivity contribution is 7.18. The van der Waals surface area contributed by atoms with Crippen molar-refractivity contribution in [1.29, 1.82) is 0 Å². The Morgan fingerprint density at radius 2 is 1.79 bits per heavy atom. The summed E-state index contributed by atoms with van der Waals surface area (Å²) >= 11 is 1.67. The van der Waals surface area contributed by atoms with Gasteiger partial charge in [-0.05, 0) is 56.5 Å². The smallest absolute Gasteiger partial charge is 0.233 e. The first-order valence-electron chi connectivity index (χ1n) is 10.2. The van der Waals surface area contributed by atoms with Crippen LogP contribution in [0.4, 0.5) is 0 Å². The Morgan fingerprint density at radius 3 is 2.50 bits per heavy atom. The van der Waals surface area contributed by atoms with E-state index in [0.717, 1.165) is 41.2 Å². The summed E-state index contributed by atoms with van der Waals surface area (Å²) < 4.78 is 1.16. The standard InChI is InChI=1S/C23H25N3OS/c27-21(23(12-13-23)22-25-18-10-4-5-11-20(18)28-22)24-16-19(26-14-6-7-15-26)17-8-2-1-3-9-17/h1-5,8-11,19H,6-7,12-16H2,(H,24,27). The molecule has 2 aliphatic rings. The lowest BCUT2D eigenvalue weighted by Crippen LogP contribution is -2.41. The van der Waals surface area contributed by atoms with Crippen LogP contribution in [0.15, 0.2) is 54.6 Å². The maximum absolute atomic E-state index is 13.2. The van der Waals surface area contributed by atoms with Crippen LogP contribution in [0.3, 0.4) is 0 Å². The highest BCUT2D eigenvalue weighted by atomic mass is 32.1. The van der Waals surface area contributed by atoms with Crippen LogP contribution < -0.4 is 5.32 Å². The van der Waals surface area contributed by atoms with E-state index in [9.17, 15) is 4.79 Å². The number of amides is 1. The second-order valence-corrected chi connectivity index (χ2v) is 8.98. The van der Waals surface area contributed by atoms with Crippen molar-refractivity contribution in [2.75, 3.05) is 19.6 Å². The lowest BCUT2D eigenvalue weighted by Gasteiger charge is -2.29. The summed E-state index contributed by atoms with van der Waals surface area (Å²) in [5, 5.41) is 4.27. The van der Waals surface area contributed by atoms with E-state index in [1.165, 1.54) is 18.4 Å². The minimum atomic E-state index is -0.407. The Labute approximate surface area is 169 Å². The maximum atomic E-state index is 13.2. The van der Waals surface area contributed by atoms with Crippen LogP contribution in [-0.4, -0.2) is 35.4 Å². The number of hydrogen-bond acceptors (Lipinski definition) is 4. The summed E-state index contributed by atoms with van der Waals surface area (Å²) in [5.74, 6) is 0.145. The molecule has 2 aromatic carbocycles. The van der Waals surface area contributed by atoms with Crippen molar-refractivity contribution in [3.8, 4) is 0 Å². The van der Waals surface area contributed by atoms with E-state index >= 15 is 0 Å². The van der Waals surface area contributed by atoms with Gasteiger partial charge < -0.3 is 5.32 Å². The van der Waals surface area contributed by atoms with Gasteiger partial charge >= 0.3 is 0 Å². The average molecular weight is 392 g/mol. The van der Waals surface area contributed by atoms with Gasteiger partial charge in [0.05, 0.1) is 16.3 Å². The maximum Gasteiger partial charge on any atom is 0.233 e. The summed E-state index contributed by atoms with van der Waals surface area (Å²) in [7, 11) is 0. The molecule has 1 saturated heterocycles. The molecule has 4 nitrogen and oxygen atoms in total. The van der Waals surface area contributed by atoms with Crippen LogP contribution in [0.25, 0.3) is 10.2 Å². The molecule has 1 saturated carbocycles. The Balaban J connectivity index is 1.34. The molecule has 28 heavy (non-hydrogen) atoms. The van der Waals surface area contributed by atoms with Crippen LogP contribution in [0, 0.1) is 0 Å². The van der Waals surface area contributed by atoms with E-state index in [4.69, 9.17) is 4.98 Å². The third kappa shape index (κ3) is 3.23. The molecule has 1 atom stereocenters. The van der Waals surface area contributed by atoms with Gasteiger partial charge in [-0.25, -0.2) is 4.98 Å². The molecule has 0 bridgehead atoms. The van der Waals surface area contributed by atoms with Gasteiger partial charge in [-0.2, -0.15) is 0 Å². The number of thiazole rings is 1. The number of rotatable bonds is 6. The molecule has 144 valence electrons. The Kier molecular flexibility index (Phi) is 4.65. The highest BCUT2D eigenvalue weighted by Gasteiger charge is 2.53. The fourth-order valence-electron chi connectivity index (χ4n) is 4.28. The van der Waals surface area contributed by atoms with Gasteiger partial charge in [-0.1, -0.05) is 42.5 Å². The number of carbonyl (C=O) groups excluding carboxylic acids is 1. The van der Waals surface area contributed by atoms with Gasteiger partial charge in [0.15, 0.2) is 0 Å². The number of nitrogens with zero attached hydrogens (tertiary/aromatic N) is 2. The van der Waals surface area contributed by atoms with Crippen LogP contribution in [0.5, 0.6) is 0 Å². The Hall–Kier alpha value is -2.24. The molecular weight excluding hydrogens is 366 g/mol. The SMILES string of the molecule is O=C(NCC(c1ccccc1)N1CCCC1)C1(c2nc3ccccc3s2)CC1. The lowest BCUT2D eigenvalue weighted by molar-refractivity contribution is -0.123. The molecule has 1 aliphatic carbocycles. The fraction of sp³-hybridized carbons (Fsp3) is 0.391. The molecular formula is C23H25N3OS. The summed E-state index contributed by atoms with van der Waals surface area (Å²) in [6, 6.07) is 19.0. The molecule has 2 fully saturated rings. The van der Waals surface area contributed by atoms with Crippen molar-refractivity contribution in [2.24, 2.45) is 0 Å². The molecule has 5 heteroatoms. The first-order valence-corrected chi connectivity index (χ1v) is 11.0. The Morgan fingerprint density at radius 1 is 1.07 bits per heavy atom. The third-order valence-corrected chi connectivity index (χ3v) is 7.35. The number of hydrogen-bond donors (Lipinski definition) is 1. The summed E-state index contributed by atoms with van der Waals surface area (Å²) in [6.45, 7) is 2.88. The average Bonchev–Trinajstić information content (AvgIpc) is 3.16. The second-order valence-electron chi connectivity index (χ2n) is 7.95. The van der Waals surface area contributed by atoms with Gasteiger partial charge in [0.2, 0.25) is 5.91 Å². The van der Waals surface area contributed by atoms with Crippen molar-refractivity contribution in [3.05, 3.63) is 65.2 Å². The van der Waals surface area contributed by atoms with Crippen molar-refractivity contribution in [2.45, 2.75) is 37.1 Å². The number of nitrogens with one attached hydrogen (secondary N) is 1. The topological polar surface area (TPSA) is 45.2 Å². The van der Waals surface area contributed by atoms with Crippen LogP contribution >= 0.6 is 11.3 Å². The normalized spacial score (nSPS) is 19.6. The van der Waals surface area contributed by atoms with Crippen LogP contribution in [-0.2, 0) is 10.2 Å². The number of para-hydroxylation sites is 1. The number of aromatic nitrogens is 1. The first-order chi connectivity index (χ1) is 13.8. The molecule has 1 aliphatic heterocycles. The molecule has 1 unspecified atom stereocenters. The lowest BCUT2D eigenvalue weighted by atomic mass is 10.0. The number of fused-ring (bicyclic) bond motifs is 1. The molecule has 0 spiro atoms. The van der Waals surface area contributed by atoms with Gasteiger partial charge in [0.1, 0.15) is 10.4 Å². The zero-order valence-electron chi connectivity index (χ0n) is 15.9. The molecule has 1 aromatic heterocycles. The van der Waals surface area contributed by atoms with Crippen molar-refractivity contribution in [1.82, 2.24) is 15.2 Å². The fourth-order valence-corrected chi connectivity index (χ4v) is 5.49. The minimum absolute atomic E-state index is 0.145. The van der Waals surface area contributed by atoms with Crippen molar-refractivity contribution < 1.29 is 4.79 Å². The predicted octanol–water partition coefficient (Wildman–Crippen LogP) is 4.28. The van der Waals surface area contributed by atoms with Crippen LogP contribution in [0.1, 0.15) is 42.3 Å². The van der Waals surface area contributed by atoms with E-state index in [2.05, 4.69) is 46.6 Å². The zero-order chi connectivity index (χ0) is 19.0. The number of carbonyl (C=O) groups is 1. The summed E-state index contributed by atoms with van der Waals surface area (Å²) in [4.78, 5) is 20.5. The summed E-state index contributed by atoms with van der Waals surface area (Å²) in [6.07, 6.45) is 4.29. The van der Waals surface area contributed by atoms with Crippen LogP contribution in [0.2, 0.25) is 0 Å². The largest absolute Gasteiger partial charge is 0.353 e. The number of benzene rings is 2. The Bertz CT molecular complexity index is 941. The van der Waals surface area contributed by atoms with E-state index in [-0.39, 0.29) is 11.9 Å². The summed E-state index contributed by atoms with van der Waals surface area (Å²) in [5.41, 5.74) is 1.88. The molecule has 5 rings (SSSR count). The quantitative estimate of drug-likeness (QED) is 0.682. The molecule has 1 N–H and O–H groups in total. The molecule has 1 amide bonds. The predicted molar refractivity (Wildman–Crippen MR) is 114 cm³/mol. The molecule has 0 radical (unpaired) electrons. The monoisotopic (exact) mass is 391 g/mol. The van der Waals surface area contributed by atoms with Crippen molar-refractivity contribution >= 4 is 27.5 Å². The van der Waals surface area contributed by atoms with Gasteiger partial charge in [-0.3, -0.25) is 9.69 Å². The highest BCUT2D eigenvalue weighted by Crippen LogP contribution is 2.50. The van der Waals surface area contributed by atoms with E-state index in [1.54, 1.807) is 11.3 Å². The van der Waals surface area contributed by atoms with Gasteiger partial charge in [-0.15, -0.1) is 11.3 Å². The number of likely N-dealkylation sites (tertiary alicyclic amines) is 1. The van der Waals surface area contributed by atoms with E-state index in [1.807, 2.05) is 18.2 Å². The van der Waals surface area contributed by atoms with Gasteiger partial charge in [0.25, 0.3) is 0 Å². The molecule has 3 aromatic rings. The zero-order valence-corrected chi connectivity index (χ0v) is 16.8. The first kappa shape index (κ1) is 17.8. The van der Waals surface area contributed by atoms with E-state index in [0.29, 0.717) is 6.54 Å². The van der Waals surface area contributed by atoms with Crippen molar-refractivity contribution in [3.63, 3.8) is 0 Å². The minimum Gasteiger partial charge on any atom is -0.353 e. The third-order valence-electron chi connectivity index (χ3n) is 6.11. The second kappa shape index (κ2) is 7.30. The molecule has 2 heterocycles.